The quantitative estimate of drug-likeness (QED) is 0.871. The first-order valence-electron chi connectivity index (χ1n) is 6.36. The maximum Gasteiger partial charge on any atom is 0.307 e. The minimum atomic E-state index is -2.51. The Morgan fingerprint density at radius 1 is 1.20 bits per heavy atom. The number of nitrogens with one attached hydrogen (secondary N) is 1. The average molecular weight is 283 g/mol. The van der Waals surface area contributed by atoms with Gasteiger partial charge in [0.05, 0.1) is 11.8 Å². The molecule has 0 aliphatic heterocycles. The largest absolute Gasteiger partial charge is 0.481 e. The van der Waals surface area contributed by atoms with Crippen LogP contribution in [0.1, 0.15) is 30.4 Å². The molecule has 2 rings (SSSR count). The van der Waals surface area contributed by atoms with E-state index in [1.807, 2.05) is 0 Å². The summed E-state index contributed by atoms with van der Waals surface area (Å²) < 4.78 is 24.7. The monoisotopic (exact) mass is 283 g/mol. The van der Waals surface area contributed by atoms with E-state index in [0.29, 0.717) is 18.4 Å². The third kappa shape index (κ3) is 3.12. The summed E-state index contributed by atoms with van der Waals surface area (Å²) in [7, 11) is 0. The van der Waals surface area contributed by atoms with E-state index in [2.05, 4.69) is 5.32 Å². The number of alkyl halides is 2. The zero-order valence-electron chi connectivity index (χ0n) is 10.7. The lowest BCUT2D eigenvalue weighted by Crippen LogP contribution is -2.43. The van der Waals surface area contributed by atoms with Crippen molar-refractivity contribution in [2.45, 2.75) is 25.8 Å². The Hall–Kier alpha value is -1.98. The van der Waals surface area contributed by atoms with Gasteiger partial charge in [-0.3, -0.25) is 9.59 Å². The number of carbonyl (C=O) groups excluding carboxylic acids is 1. The average Bonchev–Trinajstić information content (AvgIpc) is 2.34. The molecule has 1 amide bonds. The molecule has 1 aliphatic carbocycles. The minimum Gasteiger partial charge on any atom is -0.481 e. The summed E-state index contributed by atoms with van der Waals surface area (Å²) in [5, 5.41) is 11.5. The van der Waals surface area contributed by atoms with Crippen LogP contribution < -0.4 is 5.32 Å². The van der Waals surface area contributed by atoms with E-state index in [1.54, 1.807) is 0 Å². The van der Waals surface area contributed by atoms with Crippen LogP contribution >= 0.6 is 0 Å². The van der Waals surface area contributed by atoms with E-state index >= 15 is 0 Å². The van der Waals surface area contributed by atoms with Gasteiger partial charge in [0.15, 0.2) is 0 Å². The highest BCUT2D eigenvalue weighted by atomic mass is 19.3. The van der Waals surface area contributed by atoms with Crippen molar-refractivity contribution in [3.8, 4) is 0 Å². The fraction of sp³-hybridized carbons (Fsp3) is 0.429. The number of carbonyl (C=O) groups is 2. The van der Waals surface area contributed by atoms with Gasteiger partial charge in [0, 0.05) is 12.1 Å². The number of carboxylic acid groups (broad SMARTS) is 1. The van der Waals surface area contributed by atoms with Gasteiger partial charge in [-0.05, 0) is 18.4 Å². The maximum absolute atomic E-state index is 12.4. The second-order valence-electron chi connectivity index (χ2n) is 4.89. The van der Waals surface area contributed by atoms with Crippen molar-refractivity contribution in [2.24, 2.45) is 11.8 Å². The maximum atomic E-state index is 12.4. The van der Waals surface area contributed by atoms with E-state index in [0.717, 1.165) is 0 Å². The van der Waals surface area contributed by atoms with Gasteiger partial charge in [-0.2, -0.15) is 0 Å². The SMILES string of the molecule is O=C(O)C1CCC1C(=O)NCc1ccc(C(F)F)cc1. The predicted octanol–water partition coefficient (Wildman–Crippen LogP) is 2.35. The van der Waals surface area contributed by atoms with Gasteiger partial charge >= 0.3 is 5.97 Å². The first kappa shape index (κ1) is 14.4. The summed E-state index contributed by atoms with van der Waals surface area (Å²) in [5.41, 5.74) is 0.638. The van der Waals surface area contributed by atoms with E-state index in [9.17, 15) is 18.4 Å². The summed E-state index contributed by atoms with van der Waals surface area (Å²) in [4.78, 5) is 22.6. The third-order valence-corrected chi connectivity index (χ3v) is 3.63. The number of hydrogen-bond acceptors (Lipinski definition) is 2. The highest BCUT2D eigenvalue weighted by molar-refractivity contribution is 5.86. The van der Waals surface area contributed by atoms with Gasteiger partial charge in [-0.25, -0.2) is 8.78 Å². The molecule has 1 fully saturated rings. The number of hydrogen-bond donors (Lipinski definition) is 2. The lowest BCUT2D eigenvalue weighted by atomic mass is 9.73. The summed E-state index contributed by atoms with van der Waals surface area (Å²) in [6.07, 6.45) is -1.41. The topological polar surface area (TPSA) is 66.4 Å². The lowest BCUT2D eigenvalue weighted by Gasteiger charge is -2.31. The Kier molecular flexibility index (Phi) is 4.32. The molecule has 1 saturated carbocycles. The molecular weight excluding hydrogens is 268 g/mol. The highest BCUT2D eigenvalue weighted by Gasteiger charge is 2.41. The molecule has 0 radical (unpaired) electrons. The first-order chi connectivity index (χ1) is 9.49. The molecule has 1 aromatic rings. The van der Waals surface area contributed by atoms with Crippen LogP contribution in [0.2, 0.25) is 0 Å². The normalized spacial score (nSPS) is 21.4. The van der Waals surface area contributed by atoms with E-state index < -0.39 is 24.2 Å². The van der Waals surface area contributed by atoms with Crippen molar-refractivity contribution in [2.75, 3.05) is 0 Å². The molecule has 6 heteroatoms. The number of rotatable bonds is 5. The molecule has 0 spiro atoms. The van der Waals surface area contributed by atoms with Crippen LogP contribution in [0.5, 0.6) is 0 Å². The molecule has 1 aromatic carbocycles. The molecular formula is C14H15F2NO3. The van der Waals surface area contributed by atoms with Gasteiger partial charge < -0.3 is 10.4 Å². The van der Waals surface area contributed by atoms with E-state index in [-0.39, 0.29) is 18.0 Å². The standard InChI is InChI=1S/C14H15F2NO3/c15-12(16)9-3-1-8(2-4-9)7-17-13(18)10-5-6-11(10)14(19)20/h1-4,10-12H,5-7H2,(H,17,18)(H,19,20). The van der Waals surface area contributed by atoms with Gasteiger partial charge in [0.1, 0.15) is 0 Å². The number of aliphatic carboxylic acids is 1. The van der Waals surface area contributed by atoms with Crippen molar-refractivity contribution >= 4 is 11.9 Å². The smallest absolute Gasteiger partial charge is 0.307 e. The lowest BCUT2D eigenvalue weighted by molar-refractivity contribution is -0.152. The molecule has 1 aliphatic rings. The number of halogens is 2. The van der Waals surface area contributed by atoms with Crippen LogP contribution in [-0.4, -0.2) is 17.0 Å². The van der Waals surface area contributed by atoms with Crippen molar-refractivity contribution in [1.29, 1.82) is 0 Å². The Bertz CT molecular complexity index is 502. The highest BCUT2D eigenvalue weighted by Crippen LogP contribution is 2.34. The Morgan fingerprint density at radius 3 is 2.25 bits per heavy atom. The Balaban J connectivity index is 1.86. The Labute approximate surface area is 114 Å². The Morgan fingerprint density at radius 2 is 1.80 bits per heavy atom. The zero-order valence-corrected chi connectivity index (χ0v) is 10.7. The summed E-state index contributed by atoms with van der Waals surface area (Å²) >= 11 is 0. The van der Waals surface area contributed by atoms with Crippen LogP contribution in [-0.2, 0) is 16.1 Å². The second-order valence-corrected chi connectivity index (χ2v) is 4.89. The van der Waals surface area contributed by atoms with Crippen molar-refractivity contribution in [3.05, 3.63) is 35.4 Å². The zero-order chi connectivity index (χ0) is 14.7. The third-order valence-electron chi connectivity index (χ3n) is 3.63. The van der Waals surface area contributed by atoms with Gasteiger partial charge in [-0.1, -0.05) is 24.3 Å². The molecule has 0 saturated heterocycles. The molecule has 0 aromatic heterocycles. The summed E-state index contributed by atoms with van der Waals surface area (Å²) in [6.45, 7) is 0.213. The van der Waals surface area contributed by atoms with Gasteiger partial charge in [-0.15, -0.1) is 0 Å². The summed E-state index contributed by atoms with van der Waals surface area (Å²) in [6, 6.07) is 5.68. The first-order valence-corrected chi connectivity index (χ1v) is 6.36. The summed E-state index contributed by atoms with van der Waals surface area (Å²) in [5.74, 6) is -2.32. The molecule has 2 N–H and O–H groups in total. The van der Waals surface area contributed by atoms with Crippen molar-refractivity contribution in [1.82, 2.24) is 5.32 Å². The molecule has 4 nitrogen and oxygen atoms in total. The molecule has 2 atom stereocenters. The number of carboxylic acids is 1. The van der Waals surface area contributed by atoms with Crippen molar-refractivity contribution in [3.63, 3.8) is 0 Å². The number of amides is 1. The molecule has 108 valence electrons. The van der Waals surface area contributed by atoms with Gasteiger partial charge in [0.25, 0.3) is 6.43 Å². The molecule has 0 bridgehead atoms. The van der Waals surface area contributed by atoms with Crippen LogP contribution in [0.25, 0.3) is 0 Å². The van der Waals surface area contributed by atoms with Crippen LogP contribution in [0.4, 0.5) is 8.78 Å². The van der Waals surface area contributed by atoms with E-state index in [1.165, 1.54) is 24.3 Å². The fourth-order valence-corrected chi connectivity index (χ4v) is 2.21. The second kappa shape index (κ2) is 5.98. The fourth-order valence-electron chi connectivity index (χ4n) is 2.21. The van der Waals surface area contributed by atoms with Crippen LogP contribution in [0.3, 0.4) is 0 Å². The molecule has 0 heterocycles. The van der Waals surface area contributed by atoms with E-state index in [4.69, 9.17) is 5.11 Å². The molecule has 20 heavy (non-hydrogen) atoms. The number of benzene rings is 1. The van der Waals surface area contributed by atoms with Crippen LogP contribution in [0.15, 0.2) is 24.3 Å². The minimum absolute atomic E-state index is 0.0648. The van der Waals surface area contributed by atoms with Crippen LogP contribution in [0, 0.1) is 11.8 Å². The predicted molar refractivity (Wildman–Crippen MR) is 67.1 cm³/mol. The van der Waals surface area contributed by atoms with Gasteiger partial charge in [0.2, 0.25) is 5.91 Å². The molecule has 2 unspecified atom stereocenters. The van der Waals surface area contributed by atoms with Crippen molar-refractivity contribution < 1.29 is 23.5 Å².